The number of hydrogen-bond acceptors (Lipinski definition) is 8. The molecule has 0 amide bonds. The van der Waals surface area contributed by atoms with Gasteiger partial charge in [0.2, 0.25) is 0 Å². The second-order valence-corrected chi connectivity index (χ2v) is 12.0. The van der Waals surface area contributed by atoms with Crippen molar-refractivity contribution in [3.8, 4) is 11.5 Å². The SMILES string of the molecule is O=C(c1ccc(Oc2ccccc2)cc1Cl)c1c[nH]c2ncnc(NC3CCN(C4CCN(C5CNC5)CC4)CC3)c12. The van der Waals surface area contributed by atoms with Gasteiger partial charge in [-0.3, -0.25) is 9.69 Å². The first-order valence-corrected chi connectivity index (χ1v) is 15.3. The van der Waals surface area contributed by atoms with Crippen LogP contribution in [0.3, 0.4) is 0 Å². The van der Waals surface area contributed by atoms with E-state index >= 15 is 0 Å². The fourth-order valence-electron chi connectivity index (χ4n) is 6.51. The Bertz CT molecular complexity index is 1540. The lowest BCUT2D eigenvalue weighted by Crippen LogP contribution is -2.60. The molecule has 10 heteroatoms. The van der Waals surface area contributed by atoms with E-state index in [1.54, 1.807) is 30.7 Å². The number of likely N-dealkylation sites (tertiary alicyclic amines) is 2. The molecule has 5 heterocycles. The van der Waals surface area contributed by atoms with Crippen LogP contribution in [0.4, 0.5) is 5.82 Å². The fraction of sp³-hybridized carbons (Fsp3) is 0.406. The minimum Gasteiger partial charge on any atom is -0.457 e. The van der Waals surface area contributed by atoms with Crippen molar-refractivity contribution in [3.05, 3.63) is 77.2 Å². The fourth-order valence-corrected chi connectivity index (χ4v) is 6.77. The number of benzene rings is 2. The standard InChI is InChI=1S/C32H36ClN7O2/c33-28-16-25(42-24-4-2-1-3-5-24)6-7-26(28)30(41)27-19-35-31-29(27)32(37-20-36-31)38-21-8-12-39(13-9-21)22-10-14-40(15-11-22)23-17-34-18-23/h1-7,16,19-23,34H,8-15,17-18H2,(H2,35,36,37,38). The lowest BCUT2D eigenvalue weighted by Gasteiger charge is -2.46. The number of nitrogens with zero attached hydrogens (tertiary/aromatic N) is 4. The number of rotatable bonds is 8. The van der Waals surface area contributed by atoms with Gasteiger partial charge in [-0.1, -0.05) is 29.8 Å². The summed E-state index contributed by atoms with van der Waals surface area (Å²) >= 11 is 6.60. The molecule has 2 aromatic heterocycles. The molecule has 0 bridgehead atoms. The predicted molar refractivity (Wildman–Crippen MR) is 165 cm³/mol. The molecule has 9 nitrogen and oxygen atoms in total. The summed E-state index contributed by atoms with van der Waals surface area (Å²) < 4.78 is 5.89. The minimum absolute atomic E-state index is 0.186. The van der Waals surface area contributed by atoms with Crippen LogP contribution in [0.5, 0.6) is 11.5 Å². The summed E-state index contributed by atoms with van der Waals surface area (Å²) in [5, 5.41) is 8.08. The first-order valence-electron chi connectivity index (χ1n) is 15.0. The van der Waals surface area contributed by atoms with Gasteiger partial charge in [-0.2, -0.15) is 0 Å². The smallest absolute Gasteiger partial charge is 0.196 e. The molecule has 218 valence electrons. The molecule has 2 aromatic carbocycles. The maximum Gasteiger partial charge on any atom is 0.196 e. The van der Waals surface area contributed by atoms with Gasteiger partial charge in [0.15, 0.2) is 5.78 Å². The van der Waals surface area contributed by atoms with Crippen LogP contribution in [0, 0.1) is 0 Å². The molecule has 0 spiro atoms. The average Bonchev–Trinajstić information content (AvgIpc) is 3.43. The van der Waals surface area contributed by atoms with Crippen molar-refractivity contribution >= 4 is 34.2 Å². The van der Waals surface area contributed by atoms with Gasteiger partial charge in [0.25, 0.3) is 0 Å². The Balaban J connectivity index is 1.02. The molecule has 42 heavy (non-hydrogen) atoms. The number of fused-ring (bicyclic) bond motifs is 1. The number of carbonyl (C=O) groups excluding carboxylic acids is 1. The summed E-state index contributed by atoms with van der Waals surface area (Å²) in [5.41, 5.74) is 1.53. The maximum atomic E-state index is 13.7. The second-order valence-electron chi connectivity index (χ2n) is 11.6. The molecular formula is C32H36ClN7O2. The number of aromatic nitrogens is 3. The number of para-hydroxylation sites is 1. The Hall–Kier alpha value is -3.50. The van der Waals surface area contributed by atoms with Crippen LogP contribution in [0.1, 0.15) is 41.6 Å². The summed E-state index contributed by atoms with van der Waals surface area (Å²) in [4.78, 5) is 31.2. The molecular weight excluding hydrogens is 550 g/mol. The van der Waals surface area contributed by atoms with E-state index < -0.39 is 0 Å². The van der Waals surface area contributed by atoms with Crippen LogP contribution >= 0.6 is 11.6 Å². The lowest BCUT2D eigenvalue weighted by atomic mass is 9.96. The van der Waals surface area contributed by atoms with Crippen molar-refractivity contribution in [2.75, 3.05) is 44.6 Å². The summed E-state index contributed by atoms with van der Waals surface area (Å²) in [5.74, 6) is 1.77. The number of piperidine rings is 2. The Morgan fingerprint density at radius 3 is 2.33 bits per heavy atom. The quantitative estimate of drug-likeness (QED) is 0.250. The summed E-state index contributed by atoms with van der Waals surface area (Å²) in [6.45, 7) is 6.88. The third kappa shape index (κ3) is 5.62. The van der Waals surface area contributed by atoms with Gasteiger partial charge >= 0.3 is 0 Å². The van der Waals surface area contributed by atoms with Gasteiger partial charge in [0, 0.05) is 75.2 Å². The van der Waals surface area contributed by atoms with E-state index in [4.69, 9.17) is 16.3 Å². The van der Waals surface area contributed by atoms with E-state index in [1.807, 2.05) is 30.3 Å². The number of nitrogens with one attached hydrogen (secondary N) is 3. The number of H-pyrrole nitrogens is 1. The Kier molecular flexibility index (Phi) is 7.82. The topological polar surface area (TPSA) is 98.4 Å². The highest BCUT2D eigenvalue weighted by atomic mass is 35.5. The lowest BCUT2D eigenvalue weighted by molar-refractivity contribution is 0.0558. The average molecular weight is 586 g/mol. The van der Waals surface area contributed by atoms with Gasteiger partial charge < -0.3 is 25.3 Å². The second kappa shape index (κ2) is 12.0. The molecule has 3 fully saturated rings. The van der Waals surface area contributed by atoms with Crippen molar-refractivity contribution in [2.45, 2.75) is 43.8 Å². The van der Waals surface area contributed by atoms with E-state index in [1.165, 1.54) is 25.9 Å². The summed E-state index contributed by atoms with van der Waals surface area (Å²) in [7, 11) is 0. The molecule has 3 aliphatic heterocycles. The van der Waals surface area contributed by atoms with Gasteiger partial charge in [-0.15, -0.1) is 0 Å². The number of anilines is 1. The zero-order chi connectivity index (χ0) is 28.5. The van der Waals surface area contributed by atoms with Crippen LogP contribution in [0.25, 0.3) is 11.0 Å². The first kappa shape index (κ1) is 27.3. The molecule has 3 aliphatic rings. The highest BCUT2D eigenvalue weighted by Gasteiger charge is 2.32. The number of ether oxygens (including phenoxy) is 1. The first-order chi connectivity index (χ1) is 20.6. The van der Waals surface area contributed by atoms with Gasteiger partial charge in [0.1, 0.15) is 29.3 Å². The monoisotopic (exact) mass is 585 g/mol. The van der Waals surface area contributed by atoms with E-state index in [-0.39, 0.29) is 11.8 Å². The summed E-state index contributed by atoms with van der Waals surface area (Å²) in [6.07, 6.45) is 7.85. The molecule has 0 saturated carbocycles. The van der Waals surface area contributed by atoms with Crippen LogP contribution in [0.15, 0.2) is 61.1 Å². The number of aromatic amines is 1. The Morgan fingerprint density at radius 1 is 0.881 bits per heavy atom. The Labute approximate surface area is 250 Å². The molecule has 0 atom stereocenters. The molecule has 7 rings (SSSR count). The zero-order valence-corrected chi connectivity index (χ0v) is 24.3. The van der Waals surface area contributed by atoms with E-state index in [2.05, 4.69) is 35.4 Å². The molecule has 3 N–H and O–H groups in total. The van der Waals surface area contributed by atoms with Crippen molar-refractivity contribution in [1.82, 2.24) is 30.1 Å². The number of ketones is 1. The number of halogens is 1. The van der Waals surface area contributed by atoms with Crippen LogP contribution in [-0.2, 0) is 0 Å². The van der Waals surface area contributed by atoms with Crippen molar-refractivity contribution < 1.29 is 9.53 Å². The predicted octanol–water partition coefficient (Wildman–Crippen LogP) is 4.95. The summed E-state index contributed by atoms with van der Waals surface area (Å²) in [6, 6.07) is 16.3. The van der Waals surface area contributed by atoms with Crippen molar-refractivity contribution in [3.63, 3.8) is 0 Å². The maximum absolute atomic E-state index is 13.7. The molecule has 3 saturated heterocycles. The Morgan fingerprint density at radius 2 is 1.62 bits per heavy atom. The number of carbonyl (C=O) groups is 1. The van der Waals surface area contributed by atoms with Gasteiger partial charge in [0.05, 0.1) is 16.0 Å². The van der Waals surface area contributed by atoms with Crippen molar-refractivity contribution in [2.24, 2.45) is 0 Å². The largest absolute Gasteiger partial charge is 0.457 e. The van der Waals surface area contributed by atoms with E-state index in [0.717, 1.165) is 45.1 Å². The minimum atomic E-state index is -0.186. The van der Waals surface area contributed by atoms with Crippen LogP contribution in [-0.4, -0.2) is 87.9 Å². The van der Waals surface area contributed by atoms with Gasteiger partial charge in [-0.25, -0.2) is 9.97 Å². The third-order valence-electron chi connectivity index (χ3n) is 9.04. The highest BCUT2D eigenvalue weighted by molar-refractivity contribution is 6.35. The molecule has 0 aliphatic carbocycles. The number of hydrogen-bond donors (Lipinski definition) is 3. The highest BCUT2D eigenvalue weighted by Crippen LogP contribution is 2.32. The van der Waals surface area contributed by atoms with Crippen molar-refractivity contribution in [1.29, 1.82) is 0 Å². The van der Waals surface area contributed by atoms with E-state index in [9.17, 15) is 4.79 Å². The third-order valence-corrected chi connectivity index (χ3v) is 9.35. The molecule has 0 radical (unpaired) electrons. The molecule has 4 aromatic rings. The normalized spacial score (nSPS) is 19.5. The van der Waals surface area contributed by atoms with E-state index in [0.29, 0.717) is 50.5 Å². The zero-order valence-electron chi connectivity index (χ0n) is 23.6. The van der Waals surface area contributed by atoms with Crippen LogP contribution < -0.4 is 15.4 Å². The van der Waals surface area contributed by atoms with Crippen LogP contribution in [0.2, 0.25) is 5.02 Å². The molecule has 0 unspecified atom stereocenters. The van der Waals surface area contributed by atoms with Gasteiger partial charge in [-0.05, 0) is 49.9 Å².